The summed E-state index contributed by atoms with van der Waals surface area (Å²) in [6, 6.07) is 15.3. The first-order chi connectivity index (χ1) is 14.2. The lowest BCUT2D eigenvalue weighted by atomic mass is 9.86. The molecule has 4 rings (SSSR count). The van der Waals surface area contributed by atoms with Crippen LogP contribution >= 0.6 is 0 Å². The molecule has 1 unspecified atom stereocenters. The fourth-order valence-electron chi connectivity index (χ4n) is 3.91. The van der Waals surface area contributed by atoms with Crippen molar-refractivity contribution in [2.24, 2.45) is 0 Å². The molecule has 1 aliphatic rings. The third-order valence-corrected chi connectivity index (χ3v) is 5.41. The molecule has 1 N–H and O–H groups in total. The minimum absolute atomic E-state index is 0.297. The Hall–Kier alpha value is -3.65. The minimum Gasteiger partial charge on any atom is -0.493 e. The second-order valence-electron chi connectivity index (χ2n) is 7.09. The number of pyridine rings is 1. The van der Waals surface area contributed by atoms with Gasteiger partial charge in [0.15, 0.2) is 5.69 Å². The van der Waals surface area contributed by atoms with E-state index in [9.17, 15) is 9.90 Å². The Kier molecular flexibility index (Phi) is 5.26. The zero-order valence-corrected chi connectivity index (χ0v) is 15.8. The Morgan fingerprint density at radius 2 is 2.10 bits per heavy atom. The van der Waals surface area contributed by atoms with Crippen LogP contribution < -0.4 is 4.74 Å². The molecule has 1 aromatic heterocycles. The first kappa shape index (κ1) is 18.7. The van der Waals surface area contributed by atoms with Gasteiger partial charge in [0.05, 0.1) is 18.7 Å². The average Bonchev–Trinajstić information content (AvgIpc) is 2.77. The predicted molar refractivity (Wildman–Crippen MR) is 111 cm³/mol. The normalized spacial score (nSPS) is 15.1. The lowest BCUT2D eigenvalue weighted by Crippen LogP contribution is -2.15. The number of rotatable bonds is 5. The number of aromatic nitrogens is 1. The standard InChI is InChI=1S/C24H20N2O3/c1-25-22-5-3-2-4-19(22)17-8-9-20-16(11-13-29-23(20)14-17)6-7-18-15-26-12-10-21(18)24(27)28/h2-5,8-10,12,14-16H,6-7,11,13H2,(H,27,28). The predicted octanol–water partition coefficient (Wildman–Crippen LogP) is 5.50. The summed E-state index contributed by atoms with van der Waals surface area (Å²) >= 11 is 0. The molecule has 0 amide bonds. The van der Waals surface area contributed by atoms with Crippen molar-refractivity contribution in [3.63, 3.8) is 0 Å². The first-order valence-corrected chi connectivity index (χ1v) is 9.57. The zero-order valence-electron chi connectivity index (χ0n) is 15.8. The molecule has 3 aromatic rings. The van der Waals surface area contributed by atoms with Gasteiger partial charge in [-0.15, -0.1) is 0 Å². The van der Waals surface area contributed by atoms with Gasteiger partial charge in [0.2, 0.25) is 0 Å². The monoisotopic (exact) mass is 384 g/mol. The first-order valence-electron chi connectivity index (χ1n) is 9.57. The summed E-state index contributed by atoms with van der Waals surface area (Å²) in [4.78, 5) is 19.1. The molecule has 1 atom stereocenters. The van der Waals surface area contributed by atoms with Crippen LogP contribution in [0.4, 0.5) is 5.69 Å². The molecule has 0 bridgehead atoms. The van der Waals surface area contributed by atoms with Crippen LogP contribution in [0.1, 0.15) is 40.2 Å². The number of carboxylic acids is 1. The highest BCUT2D eigenvalue weighted by atomic mass is 16.5. The molecule has 0 saturated heterocycles. The summed E-state index contributed by atoms with van der Waals surface area (Å²) in [7, 11) is 0. The molecule has 5 nitrogen and oxygen atoms in total. The maximum absolute atomic E-state index is 11.4. The van der Waals surface area contributed by atoms with Crippen molar-refractivity contribution >= 4 is 11.7 Å². The second-order valence-corrected chi connectivity index (χ2v) is 7.09. The quantitative estimate of drug-likeness (QED) is 0.590. The summed E-state index contributed by atoms with van der Waals surface area (Å²) in [5.74, 6) is 0.229. The van der Waals surface area contributed by atoms with Gasteiger partial charge in [-0.05, 0) is 59.6 Å². The average molecular weight is 384 g/mol. The summed E-state index contributed by atoms with van der Waals surface area (Å²) in [5, 5.41) is 9.37. The van der Waals surface area contributed by atoms with E-state index in [2.05, 4.69) is 15.9 Å². The molecule has 0 radical (unpaired) electrons. The van der Waals surface area contributed by atoms with Gasteiger partial charge in [0, 0.05) is 12.4 Å². The number of aryl methyl sites for hydroxylation is 1. The number of benzene rings is 2. The van der Waals surface area contributed by atoms with Crippen molar-refractivity contribution in [2.45, 2.75) is 25.2 Å². The van der Waals surface area contributed by atoms with Gasteiger partial charge in [-0.25, -0.2) is 9.64 Å². The molecule has 144 valence electrons. The smallest absolute Gasteiger partial charge is 0.336 e. The van der Waals surface area contributed by atoms with E-state index in [1.54, 1.807) is 12.3 Å². The van der Waals surface area contributed by atoms with Crippen molar-refractivity contribution < 1.29 is 14.6 Å². The fraction of sp³-hybridized carbons (Fsp3) is 0.208. The highest BCUT2D eigenvalue weighted by Gasteiger charge is 2.23. The molecule has 29 heavy (non-hydrogen) atoms. The number of carbonyl (C=O) groups is 1. The molecule has 1 aliphatic heterocycles. The Balaban J connectivity index is 1.58. The summed E-state index contributed by atoms with van der Waals surface area (Å²) in [5.41, 5.74) is 4.71. The largest absolute Gasteiger partial charge is 0.493 e. The van der Waals surface area contributed by atoms with Gasteiger partial charge in [0.1, 0.15) is 5.75 Å². The molecule has 0 fully saturated rings. The number of fused-ring (bicyclic) bond motifs is 1. The zero-order chi connectivity index (χ0) is 20.2. The van der Waals surface area contributed by atoms with Crippen LogP contribution in [0.5, 0.6) is 5.75 Å². The Bertz CT molecular complexity index is 1100. The van der Waals surface area contributed by atoms with Gasteiger partial charge in [-0.2, -0.15) is 0 Å². The summed E-state index contributed by atoms with van der Waals surface area (Å²) in [6.45, 7) is 8.01. The third kappa shape index (κ3) is 3.83. The van der Waals surface area contributed by atoms with Crippen molar-refractivity contribution in [2.75, 3.05) is 6.61 Å². The lowest BCUT2D eigenvalue weighted by molar-refractivity contribution is 0.0695. The van der Waals surface area contributed by atoms with E-state index in [1.165, 1.54) is 6.20 Å². The number of ether oxygens (including phenoxy) is 1. The van der Waals surface area contributed by atoms with E-state index in [-0.39, 0.29) is 0 Å². The van der Waals surface area contributed by atoms with E-state index in [4.69, 9.17) is 11.3 Å². The molecule has 0 aliphatic carbocycles. The topological polar surface area (TPSA) is 63.8 Å². The van der Waals surface area contributed by atoms with Gasteiger partial charge >= 0.3 is 5.97 Å². The van der Waals surface area contributed by atoms with E-state index >= 15 is 0 Å². The number of hydrogen-bond acceptors (Lipinski definition) is 3. The van der Waals surface area contributed by atoms with Gasteiger partial charge < -0.3 is 9.84 Å². The highest BCUT2D eigenvalue weighted by molar-refractivity contribution is 5.89. The molecular formula is C24H20N2O3. The number of para-hydroxylation sites is 1. The fourth-order valence-corrected chi connectivity index (χ4v) is 3.91. The van der Waals surface area contributed by atoms with Crippen LogP contribution in [-0.4, -0.2) is 22.7 Å². The summed E-state index contributed by atoms with van der Waals surface area (Å²) in [6.07, 6.45) is 5.54. The van der Waals surface area contributed by atoms with Crippen molar-refractivity contribution in [3.8, 4) is 16.9 Å². The maximum atomic E-state index is 11.4. The van der Waals surface area contributed by atoms with Gasteiger partial charge in [-0.1, -0.05) is 36.4 Å². The summed E-state index contributed by atoms with van der Waals surface area (Å²) < 4.78 is 5.92. The molecule has 0 saturated carbocycles. The third-order valence-electron chi connectivity index (χ3n) is 5.41. The number of nitrogens with zero attached hydrogens (tertiary/aromatic N) is 2. The number of carboxylic acid groups (broad SMARTS) is 1. The van der Waals surface area contributed by atoms with Gasteiger partial charge in [-0.3, -0.25) is 4.98 Å². The maximum Gasteiger partial charge on any atom is 0.336 e. The van der Waals surface area contributed by atoms with Crippen LogP contribution in [0, 0.1) is 6.57 Å². The van der Waals surface area contributed by atoms with Crippen LogP contribution in [0.15, 0.2) is 60.9 Å². The molecule has 0 spiro atoms. The lowest BCUT2D eigenvalue weighted by Gasteiger charge is -2.27. The second kappa shape index (κ2) is 8.15. The Labute approximate surface area is 169 Å². The van der Waals surface area contributed by atoms with Crippen molar-refractivity contribution in [3.05, 3.63) is 89.0 Å². The van der Waals surface area contributed by atoms with Crippen LogP contribution in [-0.2, 0) is 6.42 Å². The van der Waals surface area contributed by atoms with Crippen molar-refractivity contribution in [1.82, 2.24) is 4.98 Å². The van der Waals surface area contributed by atoms with E-state index < -0.39 is 5.97 Å². The molecule has 2 aromatic carbocycles. The number of aromatic carboxylic acids is 1. The SMILES string of the molecule is [C-]#[N+]c1ccccc1-c1ccc2c(c1)OCCC2CCc1cnccc1C(=O)O. The molecule has 2 heterocycles. The van der Waals surface area contributed by atoms with Gasteiger partial charge in [0.25, 0.3) is 0 Å². The number of hydrogen-bond donors (Lipinski definition) is 1. The molecular weight excluding hydrogens is 364 g/mol. The van der Waals surface area contributed by atoms with E-state index in [1.807, 2.05) is 36.4 Å². The highest BCUT2D eigenvalue weighted by Crippen LogP contribution is 2.40. The Morgan fingerprint density at radius 1 is 1.24 bits per heavy atom. The Morgan fingerprint density at radius 3 is 2.93 bits per heavy atom. The van der Waals surface area contributed by atoms with Crippen molar-refractivity contribution in [1.29, 1.82) is 0 Å². The van der Waals surface area contributed by atoms with Crippen LogP contribution in [0.25, 0.3) is 16.0 Å². The van der Waals surface area contributed by atoms with E-state index in [0.717, 1.165) is 40.8 Å². The van der Waals surface area contributed by atoms with Crippen LogP contribution in [0.3, 0.4) is 0 Å². The van der Waals surface area contributed by atoms with Crippen LogP contribution in [0.2, 0.25) is 0 Å². The van der Waals surface area contributed by atoms with E-state index in [0.29, 0.717) is 30.2 Å². The molecule has 5 heteroatoms. The minimum atomic E-state index is -0.919.